The molecular weight excluding hydrogens is 368 g/mol. The van der Waals surface area contributed by atoms with E-state index in [2.05, 4.69) is 34.2 Å². The number of imidazole rings is 1. The zero-order chi connectivity index (χ0) is 18.3. The van der Waals surface area contributed by atoms with E-state index in [1.54, 1.807) is 18.0 Å². The normalized spacial score (nSPS) is 21.9. The van der Waals surface area contributed by atoms with Crippen molar-refractivity contribution in [2.45, 2.75) is 30.2 Å². The molecule has 1 aliphatic heterocycles. The lowest BCUT2D eigenvalue weighted by molar-refractivity contribution is -0.119. The second-order valence-electron chi connectivity index (χ2n) is 6.68. The van der Waals surface area contributed by atoms with E-state index in [1.165, 1.54) is 5.56 Å². The first-order chi connectivity index (χ1) is 12.5. The van der Waals surface area contributed by atoms with E-state index < -0.39 is 0 Å². The second-order valence-corrected chi connectivity index (χ2v) is 8.23. The number of aliphatic imine (C=N–C) groups is 1. The SMILES string of the molecule is Cn1cnc(-c2ccc(C3CC3C(N)=O)cc2)c1SC1=NC=C(Cl)CC1. The Kier molecular flexibility index (Phi) is 4.63. The lowest BCUT2D eigenvalue weighted by Gasteiger charge is -2.11. The van der Waals surface area contributed by atoms with E-state index in [0.717, 1.165) is 45.6 Å². The molecule has 1 saturated carbocycles. The Bertz CT molecular complexity index is 916. The summed E-state index contributed by atoms with van der Waals surface area (Å²) in [6, 6.07) is 8.29. The Labute approximate surface area is 161 Å². The third kappa shape index (κ3) is 3.44. The summed E-state index contributed by atoms with van der Waals surface area (Å²) < 4.78 is 2.01. The maximum absolute atomic E-state index is 11.3. The van der Waals surface area contributed by atoms with Crippen molar-refractivity contribution in [1.82, 2.24) is 9.55 Å². The minimum absolute atomic E-state index is 0.00833. The highest BCUT2D eigenvalue weighted by Gasteiger charge is 2.42. The Morgan fingerprint density at radius 2 is 2.08 bits per heavy atom. The molecule has 1 aliphatic carbocycles. The molecule has 0 saturated heterocycles. The van der Waals surface area contributed by atoms with Crippen LogP contribution < -0.4 is 5.73 Å². The van der Waals surface area contributed by atoms with Gasteiger partial charge in [-0.05, 0) is 24.3 Å². The Morgan fingerprint density at radius 1 is 1.31 bits per heavy atom. The summed E-state index contributed by atoms with van der Waals surface area (Å²) in [6.45, 7) is 0. The zero-order valence-electron chi connectivity index (χ0n) is 14.4. The van der Waals surface area contributed by atoms with E-state index in [4.69, 9.17) is 17.3 Å². The average Bonchev–Trinajstić information content (AvgIpc) is 3.37. The van der Waals surface area contributed by atoms with E-state index in [1.807, 2.05) is 17.9 Å². The van der Waals surface area contributed by atoms with E-state index in [-0.39, 0.29) is 17.7 Å². The molecule has 2 atom stereocenters. The summed E-state index contributed by atoms with van der Waals surface area (Å²) in [5, 5.41) is 2.90. The first kappa shape index (κ1) is 17.4. The highest BCUT2D eigenvalue weighted by Crippen LogP contribution is 2.47. The minimum Gasteiger partial charge on any atom is -0.369 e. The van der Waals surface area contributed by atoms with Gasteiger partial charge >= 0.3 is 0 Å². The van der Waals surface area contributed by atoms with Gasteiger partial charge in [-0.2, -0.15) is 0 Å². The number of rotatable bonds is 4. The summed E-state index contributed by atoms with van der Waals surface area (Å²) in [6.07, 6.45) is 6.08. The number of carbonyl (C=O) groups excluding carboxylic acids is 1. The van der Waals surface area contributed by atoms with Crippen molar-refractivity contribution in [2.24, 2.45) is 23.7 Å². The number of nitrogens with zero attached hydrogens (tertiary/aromatic N) is 3. The average molecular weight is 387 g/mol. The molecule has 0 bridgehead atoms. The second kappa shape index (κ2) is 6.93. The van der Waals surface area contributed by atoms with Crippen molar-refractivity contribution in [3.63, 3.8) is 0 Å². The summed E-state index contributed by atoms with van der Waals surface area (Å²) in [5.74, 6) is 0.0585. The van der Waals surface area contributed by atoms with Crippen molar-refractivity contribution in [1.29, 1.82) is 0 Å². The van der Waals surface area contributed by atoms with Crippen LogP contribution in [-0.2, 0) is 11.8 Å². The highest BCUT2D eigenvalue weighted by atomic mass is 35.5. The van der Waals surface area contributed by atoms with Gasteiger partial charge in [-0.3, -0.25) is 9.79 Å². The topological polar surface area (TPSA) is 73.3 Å². The molecule has 2 aliphatic rings. The smallest absolute Gasteiger partial charge is 0.221 e. The number of aryl methyl sites for hydroxylation is 1. The molecule has 5 nitrogen and oxygen atoms in total. The number of thioether (sulfide) groups is 1. The Morgan fingerprint density at radius 3 is 2.69 bits per heavy atom. The van der Waals surface area contributed by atoms with Gasteiger partial charge in [0.25, 0.3) is 0 Å². The third-order valence-electron chi connectivity index (χ3n) is 4.79. The summed E-state index contributed by atoms with van der Waals surface area (Å²) in [4.78, 5) is 20.3. The van der Waals surface area contributed by atoms with Crippen molar-refractivity contribution in [2.75, 3.05) is 0 Å². The van der Waals surface area contributed by atoms with Gasteiger partial charge in [0.05, 0.1) is 11.4 Å². The predicted octanol–water partition coefficient (Wildman–Crippen LogP) is 4.04. The monoisotopic (exact) mass is 386 g/mol. The van der Waals surface area contributed by atoms with Gasteiger partial charge in [0, 0.05) is 36.2 Å². The number of allylic oxidation sites excluding steroid dienone is 1. The van der Waals surface area contributed by atoms with Crippen LogP contribution in [0.25, 0.3) is 11.3 Å². The molecule has 26 heavy (non-hydrogen) atoms. The van der Waals surface area contributed by atoms with Crippen molar-refractivity contribution in [3.8, 4) is 11.3 Å². The van der Waals surface area contributed by atoms with E-state index >= 15 is 0 Å². The molecule has 0 spiro atoms. The summed E-state index contributed by atoms with van der Waals surface area (Å²) >= 11 is 7.63. The van der Waals surface area contributed by atoms with Crippen LogP contribution in [0.5, 0.6) is 0 Å². The standard InChI is InChI=1S/C19H19ClN4OS/c1-24-10-23-17(19(24)26-16-7-6-13(20)9-22-16)12-4-2-11(3-5-12)14-8-15(14)18(21)25/h2-5,9-10,14-15H,6-8H2,1H3,(H2,21,25). The highest BCUT2D eigenvalue weighted by molar-refractivity contribution is 8.14. The first-order valence-electron chi connectivity index (χ1n) is 8.53. The van der Waals surface area contributed by atoms with Crippen molar-refractivity contribution in [3.05, 3.63) is 47.4 Å². The van der Waals surface area contributed by atoms with Crippen LogP contribution >= 0.6 is 23.4 Å². The number of nitrogens with two attached hydrogens (primary N) is 1. The molecule has 1 aromatic carbocycles. The maximum Gasteiger partial charge on any atom is 0.221 e. The zero-order valence-corrected chi connectivity index (χ0v) is 15.9. The van der Waals surface area contributed by atoms with Crippen LogP contribution in [0, 0.1) is 5.92 Å². The van der Waals surface area contributed by atoms with Crippen LogP contribution in [-0.4, -0.2) is 20.5 Å². The third-order valence-corrected chi connectivity index (χ3v) is 6.30. The molecule has 1 fully saturated rings. The fourth-order valence-corrected chi connectivity index (χ4v) is 4.32. The quantitative estimate of drug-likeness (QED) is 0.861. The molecule has 1 amide bonds. The first-order valence-corrected chi connectivity index (χ1v) is 9.72. The van der Waals surface area contributed by atoms with Gasteiger partial charge in [-0.25, -0.2) is 4.98 Å². The van der Waals surface area contributed by atoms with Gasteiger partial charge in [0.2, 0.25) is 5.91 Å². The lowest BCUT2D eigenvalue weighted by atomic mass is 10.1. The maximum atomic E-state index is 11.3. The molecule has 2 heterocycles. The van der Waals surface area contributed by atoms with E-state index in [9.17, 15) is 4.79 Å². The van der Waals surface area contributed by atoms with Crippen molar-refractivity contribution >= 4 is 34.3 Å². The number of halogens is 1. The fraction of sp³-hybridized carbons (Fsp3) is 0.316. The minimum atomic E-state index is -0.204. The van der Waals surface area contributed by atoms with Crippen LogP contribution in [0.2, 0.25) is 0 Å². The molecule has 2 N–H and O–H groups in total. The van der Waals surface area contributed by atoms with Gasteiger partial charge < -0.3 is 10.3 Å². The number of primary amides is 1. The molecule has 0 radical (unpaired) electrons. The molecule has 2 aromatic rings. The fourth-order valence-electron chi connectivity index (χ4n) is 3.19. The number of amides is 1. The van der Waals surface area contributed by atoms with Gasteiger partial charge in [0.1, 0.15) is 10.7 Å². The molecule has 2 unspecified atom stereocenters. The number of hydrogen-bond donors (Lipinski definition) is 1. The molecule has 1 aromatic heterocycles. The van der Waals surface area contributed by atoms with Gasteiger partial charge in [-0.15, -0.1) is 0 Å². The van der Waals surface area contributed by atoms with Crippen LogP contribution in [0.1, 0.15) is 30.7 Å². The number of benzene rings is 1. The summed E-state index contributed by atoms with van der Waals surface area (Å²) in [7, 11) is 1.99. The molecule has 4 rings (SSSR count). The lowest BCUT2D eigenvalue weighted by Crippen LogP contribution is -2.13. The predicted molar refractivity (Wildman–Crippen MR) is 105 cm³/mol. The van der Waals surface area contributed by atoms with Crippen LogP contribution in [0.15, 0.2) is 51.8 Å². The summed E-state index contributed by atoms with van der Waals surface area (Å²) in [5.41, 5.74) is 8.55. The number of hydrogen-bond acceptors (Lipinski definition) is 4. The van der Waals surface area contributed by atoms with Crippen LogP contribution in [0.3, 0.4) is 0 Å². The largest absolute Gasteiger partial charge is 0.369 e. The Balaban J connectivity index is 1.56. The number of carbonyl (C=O) groups is 1. The Hall–Kier alpha value is -2.05. The number of aromatic nitrogens is 2. The molecular formula is C19H19ClN4OS. The van der Waals surface area contributed by atoms with Crippen molar-refractivity contribution < 1.29 is 4.79 Å². The van der Waals surface area contributed by atoms with Gasteiger partial charge in [-0.1, -0.05) is 47.6 Å². The molecule has 7 heteroatoms. The molecule has 134 valence electrons. The van der Waals surface area contributed by atoms with Crippen LogP contribution in [0.4, 0.5) is 0 Å². The van der Waals surface area contributed by atoms with Gasteiger partial charge in [0.15, 0.2) is 0 Å². The van der Waals surface area contributed by atoms with E-state index in [0.29, 0.717) is 0 Å².